The van der Waals surface area contributed by atoms with Crippen molar-refractivity contribution in [2.24, 2.45) is 7.05 Å². The number of hydrogen-bond donors (Lipinski definition) is 4. The molecule has 4 N–H and O–H groups in total. The van der Waals surface area contributed by atoms with E-state index < -0.39 is 23.2 Å². The summed E-state index contributed by atoms with van der Waals surface area (Å²) < 4.78 is 6.64. The van der Waals surface area contributed by atoms with Crippen LogP contribution >= 0.6 is 0 Å². The molecule has 8 heteroatoms. The number of hydrogen-bond acceptors (Lipinski definition) is 5. The first-order valence-electron chi connectivity index (χ1n) is 9.05. The highest BCUT2D eigenvalue weighted by Crippen LogP contribution is 2.40. The number of aromatic nitrogens is 2. The van der Waals surface area contributed by atoms with Gasteiger partial charge in [-0.15, -0.1) is 0 Å². The summed E-state index contributed by atoms with van der Waals surface area (Å²) in [5.41, 5.74) is 4.41. The van der Waals surface area contributed by atoms with Crippen LogP contribution in [-0.4, -0.2) is 33.0 Å². The number of nitrogens with one attached hydrogen (secondary N) is 2. The Hall–Kier alpha value is -3.26. The molecule has 0 fully saturated rings. The van der Waals surface area contributed by atoms with Gasteiger partial charge in [0.05, 0.1) is 5.69 Å². The molecule has 1 aliphatic rings. The van der Waals surface area contributed by atoms with Crippen molar-refractivity contribution in [3.8, 4) is 22.8 Å². The summed E-state index contributed by atoms with van der Waals surface area (Å²) in [4.78, 5) is 25.9. The molecule has 146 valence electrons. The van der Waals surface area contributed by atoms with Crippen LogP contribution < -0.4 is 15.6 Å². The molecule has 3 aromatic rings. The predicted octanol–water partition coefficient (Wildman–Crippen LogP) is 2.50. The van der Waals surface area contributed by atoms with Crippen LogP contribution in [0.1, 0.15) is 23.2 Å². The number of H-pyrrole nitrogens is 1. The van der Waals surface area contributed by atoms with Crippen molar-refractivity contribution < 1.29 is 19.7 Å². The second-order valence-corrected chi connectivity index (χ2v) is 7.00. The monoisotopic (exact) mass is 383 g/mol. The summed E-state index contributed by atoms with van der Waals surface area (Å²) in [6.07, 6.45) is 0.399. The van der Waals surface area contributed by atoms with Gasteiger partial charge in [-0.3, -0.25) is 4.79 Å². The average molecular weight is 383 g/mol. The summed E-state index contributed by atoms with van der Waals surface area (Å²) in [5, 5.41) is 23.5. The van der Waals surface area contributed by atoms with Gasteiger partial charge < -0.3 is 29.8 Å². The zero-order valence-corrected chi connectivity index (χ0v) is 15.6. The highest BCUT2D eigenvalue weighted by molar-refractivity contribution is 5.89. The van der Waals surface area contributed by atoms with Crippen LogP contribution in [0.3, 0.4) is 0 Å². The lowest BCUT2D eigenvalue weighted by molar-refractivity contribution is 0.142. The van der Waals surface area contributed by atoms with E-state index in [4.69, 9.17) is 5.11 Å². The quantitative estimate of drug-likeness (QED) is 0.517. The number of carboxylic acid groups (broad SMARTS) is 1. The van der Waals surface area contributed by atoms with E-state index >= 15 is 0 Å². The number of aromatic amines is 1. The van der Waals surface area contributed by atoms with Crippen molar-refractivity contribution >= 4 is 17.1 Å². The Morgan fingerprint density at radius 1 is 1.32 bits per heavy atom. The number of nitrogens with zero attached hydrogens (tertiary/aromatic N) is 1. The molecule has 2 heterocycles. The molecule has 0 unspecified atom stereocenters. The molecule has 0 amide bonds. The normalized spacial score (nSPS) is 13.1. The Labute approximate surface area is 160 Å². The minimum atomic E-state index is -1.64. The number of rotatable bonds is 3. The maximum atomic E-state index is 12.4. The van der Waals surface area contributed by atoms with Gasteiger partial charge in [0.25, 0.3) is 5.56 Å². The molecule has 8 nitrogen and oxygen atoms in total. The van der Waals surface area contributed by atoms with Gasteiger partial charge in [0, 0.05) is 41.3 Å². The lowest BCUT2D eigenvalue weighted by atomic mass is 9.99. The summed E-state index contributed by atoms with van der Waals surface area (Å²) >= 11 is 0. The van der Waals surface area contributed by atoms with Gasteiger partial charge in [0.2, 0.25) is 5.75 Å². The Bertz CT molecular complexity index is 1160. The number of ether oxygens (including phenoxy) is 1. The molecular formula is C20H21N3O5. The molecule has 0 atom stereocenters. The van der Waals surface area contributed by atoms with Crippen molar-refractivity contribution in [1.82, 2.24) is 14.9 Å². The number of aromatic hydroxyl groups is 1. The molecule has 0 spiro atoms. The zero-order chi connectivity index (χ0) is 20.0. The molecule has 1 aliphatic carbocycles. The summed E-state index contributed by atoms with van der Waals surface area (Å²) in [6, 6.07) is 6.23. The molecule has 0 aliphatic heterocycles. The van der Waals surface area contributed by atoms with Gasteiger partial charge in [0.1, 0.15) is 0 Å². The molecule has 0 bridgehead atoms. The van der Waals surface area contributed by atoms with E-state index in [-0.39, 0.29) is 0 Å². The van der Waals surface area contributed by atoms with Gasteiger partial charge in [0.15, 0.2) is 5.75 Å². The minimum Gasteiger partial charge on any atom is -0.504 e. The van der Waals surface area contributed by atoms with E-state index in [9.17, 15) is 14.7 Å². The zero-order valence-electron chi connectivity index (χ0n) is 15.6. The molecule has 4 rings (SSSR count). The maximum absolute atomic E-state index is 12.4. The maximum Gasteiger partial charge on any atom is 0.511 e. The smallest absolute Gasteiger partial charge is 0.504 e. The third-order valence-corrected chi connectivity index (χ3v) is 5.30. The number of pyridine rings is 1. The first-order valence-corrected chi connectivity index (χ1v) is 9.05. The van der Waals surface area contributed by atoms with Crippen LogP contribution in [0.25, 0.3) is 22.2 Å². The third-order valence-electron chi connectivity index (χ3n) is 5.30. The fourth-order valence-corrected chi connectivity index (χ4v) is 4.00. The number of benzene rings is 1. The SMILES string of the molecule is CNCc1cc2cc3c(cc2n1C)CCCc1c-3[nH]c(=O)c(OC(=O)O)c1O. The molecule has 0 saturated heterocycles. The Balaban J connectivity index is 1.95. The second-order valence-electron chi connectivity index (χ2n) is 7.00. The number of fused-ring (bicyclic) bond motifs is 4. The summed E-state index contributed by atoms with van der Waals surface area (Å²) in [5.74, 6) is -0.982. The molecule has 0 radical (unpaired) electrons. The third kappa shape index (κ3) is 2.82. The van der Waals surface area contributed by atoms with Crippen LogP contribution in [0.2, 0.25) is 0 Å². The largest absolute Gasteiger partial charge is 0.511 e. The lowest BCUT2D eigenvalue weighted by Crippen LogP contribution is -2.17. The summed E-state index contributed by atoms with van der Waals surface area (Å²) in [6.45, 7) is 0.736. The van der Waals surface area contributed by atoms with Crippen molar-refractivity contribution in [3.05, 3.63) is 45.4 Å². The number of carbonyl (C=O) groups is 1. The highest BCUT2D eigenvalue weighted by atomic mass is 16.7. The van der Waals surface area contributed by atoms with Crippen LogP contribution in [0.4, 0.5) is 4.79 Å². The standard InChI is InChI=1S/C20H21N3O5/c1-21-9-12-6-11-7-14-10(8-15(11)23(12)2)4-3-5-13-16(14)22-19(25)18(17(13)24)28-20(26)27/h6-8,21H,3-5,9H2,1-2H3,(H,26,27)(H2,22,24,25). The predicted molar refractivity (Wildman–Crippen MR) is 104 cm³/mol. The van der Waals surface area contributed by atoms with E-state index in [1.165, 1.54) is 0 Å². The fourth-order valence-electron chi connectivity index (χ4n) is 4.00. The first kappa shape index (κ1) is 18.1. The van der Waals surface area contributed by atoms with Gasteiger partial charge in [-0.1, -0.05) is 0 Å². The Morgan fingerprint density at radius 3 is 2.82 bits per heavy atom. The molecule has 28 heavy (non-hydrogen) atoms. The molecule has 0 saturated carbocycles. The Kier molecular flexibility index (Phi) is 4.35. The molecular weight excluding hydrogens is 362 g/mol. The topological polar surface area (TPSA) is 117 Å². The highest BCUT2D eigenvalue weighted by Gasteiger charge is 2.25. The van der Waals surface area contributed by atoms with E-state index in [0.29, 0.717) is 17.7 Å². The average Bonchev–Trinajstić information content (AvgIpc) is 2.83. The van der Waals surface area contributed by atoms with Gasteiger partial charge in [-0.05, 0) is 50.1 Å². The van der Waals surface area contributed by atoms with E-state index in [1.807, 2.05) is 20.2 Å². The van der Waals surface area contributed by atoms with Crippen LogP contribution in [0.15, 0.2) is 23.0 Å². The second kappa shape index (κ2) is 6.72. The van der Waals surface area contributed by atoms with Crippen LogP contribution in [0, 0.1) is 0 Å². The van der Waals surface area contributed by atoms with Crippen molar-refractivity contribution in [2.75, 3.05) is 7.05 Å². The fraction of sp³-hybridized carbons (Fsp3) is 0.300. The van der Waals surface area contributed by atoms with Gasteiger partial charge in [-0.25, -0.2) is 4.79 Å². The number of aryl methyl sites for hydroxylation is 2. The van der Waals surface area contributed by atoms with E-state index in [1.54, 1.807) is 0 Å². The molecule has 1 aromatic carbocycles. The van der Waals surface area contributed by atoms with Crippen molar-refractivity contribution in [1.29, 1.82) is 0 Å². The van der Waals surface area contributed by atoms with Gasteiger partial charge in [-0.2, -0.15) is 0 Å². The van der Waals surface area contributed by atoms with Crippen molar-refractivity contribution in [3.63, 3.8) is 0 Å². The minimum absolute atomic E-state index is 0.405. The van der Waals surface area contributed by atoms with Gasteiger partial charge >= 0.3 is 6.16 Å². The lowest BCUT2D eigenvalue weighted by Gasteiger charge is -2.13. The van der Waals surface area contributed by atoms with E-state index in [0.717, 1.165) is 47.1 Å². The van der Waals surface area contributed by atoms with Crippen molar-refractivity contribution in [2.45, 2.75) is 25.8 Å². The Morgan fingerprint density at radius 2 is 2.11 bits per heavy atom. The first-order chi connectivity index (χ1) is 13.4. The molecule has 2 aromatic heterocycles. The summed E-state index contributed by atoms with van der Waals surface area (Å²) in [7, 11) is 3.92. The van der Waals surface area contributed by atoms with E-state index in [2.05, 4.69) is 31.7 Å². The van der Waals surface area contributed by atoms with Crippen LogP contribution in [0.5, 0.6) is 11.5 Å². The van der Waals surface area contributed by atoms with Crippen LogP contribution in [-0.2, 0) is 26.4 Å².